The van der Waals surface area contributed by atoms with Gasteiger partial charge in [0.1, 0.15) is 12.3 Å². The molecule has 172 valence electrons. The number of oxime groups is 1. The van der Waals surface area contributed by atoms with E-state index in [4.69, 9.17) is 14.7 Å². The first kappa shape index (κ1) is 24.7. The van der Waals surface area contributed by atoms with Crippen LogP contribution in [0.3, 0.4) is 0 Å². The van der Waals surface area contributed by atoms with Gasteiger partial charge in [-0.15, -0.1) is 0 Å². The number of nitrogens with zero attached hydrogens (tertiary/aromatic N) is 1. The van der Waals surface area contributed by atoms with Crippen LogP contribution in [0, 0.1) is 0 Å². The van der Waals surface area contributed by atoms with E-state index in [2.05, 4.69) is 15.8 Å². The van der Waals surface area contributed by atoms with E-state index in [1.165, 1.54) is 49.4 Å². The highest BCUT2D eigenvalue weighted by atomic mass is 16.7. The highest BCUT2D eigenvalue weighted by Crippen LogP contribution is 2.16. The molecule has 0 saturated heterocycles. The molecule has 2 aromatic carbocycles. The Hall–Kier alpha value is -4.54. The van der Waals surface area contributed by atoms with Crippen LogP contribution in [0.5, 0.6) is 0 Å². The summed E-state index contributed by atoms with van der Waals surface area (Å²) in [5, 5.41) is 16.6. The first-order valence-corrected chi connectivity index (χ1v) is 9.66. The van der Waals surface area contributed by atoms with Crippen LogP contribution in [0.1, 0.15) is 44.9 Å². The molecule has 0 radical (unpaired) electrons. The van der Waals surface area contributed by atoms with Crippen LogP contribution in [-0.4, -0.2) is 53.7 Å². The molecule has 0 unspecified atom stereocenters. The molecule has 0 aliphatic heterocycles. The summed E-state index contributed by atoms with van der Waals surface area (Å²) >= 11 is 0. The quantitative estimate of drug-likeness (QED) is 0.223. The Labute approximate surface area is 188 Å². The fourth-order valence-corrected chi connectivity index (χ4v) is 2.45. The summed E-state index contributed by atoms with van der Waals surface area (Å²) in [4.78, 5) is 63.7. The predicted octanol–water partition coefficient (Wildman–Crippen LogP) is 1.85. The number of amides is 2. The molecule has 2 aromatic rings. The van der Waals surface area contributed by atoms with Crippen LogP contribution in [-0.2, 0) is 19.2 Å². The van der Waals surface area contributed by atoms with Gasteiger partial charge < -0.3 is 25.3 Å². The molecule has 0 spiro atoms. The number of ether oxygens (including phenoxy) is 1. The zero-order valence-corrected chi connectivity index (χ0v) is 17.8. The van der Waals surface area contributed by atoms with E-state index in [0.29, 0.717) is 11.3 Å². The number of anilines is 1. The maximum atomic E-state index is 12.7. The van der Waals surface area contributed by atoms with Crippen LogP contribution in [0.2, 0.25) is 0 Å². The van der Waals surface area contributed by atoms with Gasteiger partial charge in [-0.25, -0.2) is 9.59 Å². The van der Waals surface area contributed by atoms with Gasteiger partial charge in [-0.3, -0.25) is 14.4 Å². The Morgan fingerprint density at radius 3 is 2.18 bits per heavy atom. The van der Waals surface area contributed by atoms with Gasteiger partial charge in [-0.1, -0.05) is 17.3 Å². The van der Waals surface area contributed by atoms with Crippen molar-refractivity contribution in [3.63, 3.8) is 0 Å². The Bertz CT molecular complexity index is 1090. The Balaban J connectivity index is 2.09. The first-order chi connectivity index (χ1) is 15.7. The van der Waals surface area contributed by atoms with E-state index in [1.54, 1.807) is 13.0 Å². The molecule has 0 atom stereocenters. The molecule has 0 saturated carbocycles. The maximum absolute atomic E-state index is 12.7. The smallest absolute Gasteiger partial charge is 0.366 e. The molecule has 11 nitrogen and oxygen atoms in total. The highest BCUT2D eigenvalue weighted by Gasteiger charge is 2.19. The lowest BCUT2D eigenvalue weighted by Crippen LogP contribution is -2.33. The van der Waals surface area contributed by atoms with Gasteiger partial charge >= 0.3 is 17.9 Å². The van der Waals surface area contributed by atoms with Crippen molar-refractivity contribution in [2.24, 2.45) is 5.16 Å². The average molecular weight is 455 g/mol. The molecule has 0 aromatic heterocycles. The number of rotatable bonds is 9. The van der Waals surface area contributed by atoms with Crippen molar-refractivity contribution in [3.8, 4) is 0 Å². The molecule has 3 N–H and O–H groups in total. The molecule has 0 aliphatic rings. The number of benzene rings is 2. The zero-order valence-electron chi connectivity index (χ0n) is 17.8. The third-order valence-electron chi connectivity index (χ3n) is 4.04. The largest absolute Gasteiger partial charge is 0.480 e. The summed E-state index contributed by atoms with van der Waals surface area (Å²) in [6.45, 7) is 2.53. The minimum atomic E-state index is -1.25. The van der Waals surface area contributed by atoms with Crippen molar-refractivity contribution in [1.29, 1.82) is 0 Å². The molecular weight excluding hydrogens is 434 g/mol. The summed E-state index contributed by atoms with van der Waals surface area (Å²) in [6.07, 6.45) is 0. The van der Waals surface area contributed by atoms with E-state index in [9.17, 15) is 24.0 Å². The fourth-order valence-electron chi connectivity index (χ4n) is 2.45. The van der Waals surface area contributed by atoms with Crippen molar-refractivity contribution >= 4 is 41.1 Å². The normalized spacial score (nSPS) is 10.7. The van der Waals surface area contributed by atoms with Crippen LogP contribution in [0.25, 0.3) is 0 Å². The summed E-state index contributed by atoms with van der Waals surface area (Å²) < 4.78 is 4.90. The molecule has 0 aliphatic carbocycles. The van der Waals surface area contributed by atoms with Gasteiger partial charge in [0.2, 0.25) is 0 Å². The molecule has 2 rings (SSSR count). The van der Waals surface area contributed by atoms with Gasteiger partial charge in [0.15, 0.2) is 0 Å². The second-order valence-corrected chi connectivity index (χ2v) is 6.43. The van der Waals surface area contributed by atoms with E-state index < -0.39 is 36.3 Å². The van der Waals surface area contributed by atoms with Crippen molar-refractivity contribution in [2.75, 3.05) is 18.5 Å². The standard InChI is InChI=1S/C22H21N3O8/c1-3-32-21(30)14-8-10-15(11-9-14)24-20(29)16-6-4-5-7-17(16)22(31)33-25-13(2)19(28)23-12-18(26)27/h4-11H,3,12H2,1-2H3,(H,23,28)(H,24,29)(H,26,27). The van der Waals surface area contributed by atoms with Crippen LogP contribution < -0.4 is 10.6 Å². The predicted molar refractivity (Wildman–Crippen MR) is 116 cm³/mol. The van der Waals surface area contributed by atoms with Gasteiger partial charge in [0.25, 0.3) is 11.8 Å². The SMILES string of the molecule is CCOC(=O)c1ccc(NC(=O)c2ccccc2C(=O)ON=C(C)C(=O)NCC(=O)O)cc1. The summed E-state index contributed by atoms with van der Waals surface area (Å²) in [5.41, 5.74) is 0.286. The van der Waals surface area contributed by atoms with Crippen LogP contribution in [0.15, 0.2) is 53.7 Å². The van der Waals surface area contributed by atoms with E-state index in [0.717, 1.165) is 0 Å². The number of hydrogen-bond donors (Lipinski definition) is 3. The van der Waals surface area contributed by atoms with Crippen molar-refractivity contribution in [2.45, 2.75) is 13.8 Å². The van der Waals surface area contributed by atoms with Crippen LogP contribution in [0.4, 0.5) is 5.69 Å². The summed E-state index contributed by atoms with van der Waals surface area (Å²) in [7, 11) is 0. The van der Waals surface area contributed by atoms with Crippen molar-refractivity contribution < 1.29 is 38.7 Å². The van der Waals surface area contributed by atoms with Gasteiger partial charge in [-0.05, 0) is 50.2 Å². The van der Waals surface area contributed by atoms with E-state index in [-0.39, 0.29) is 23.4 Å². The van der Waals surface area contributed by atoms with Gasteiger partial charge in [0, 0.05) is 5.69 Å². The second-order valence-electron chi connectivity index (χ2n) is 6.43. The third-order valence-corrected chi connectivity index (χ3v) is 4.04. The van der Waals surface area contributed by atoms with E-state index >= 15 is 0 Å². The third kappa shape index (κ3) is 7.28. The molecule has 33 heavy (non-hydrogen) atoms. The zero-order chi connectivity index (χ0) is 24.4. The summed E-state index contributed by atoms with van der Waals surface area (Å²) in [6, 6.07) is 11.8. The molecule has 0 heterocycles. The minimum Gasteiger partial charge on any atom is -0.480 e. The monoisotopic (exact) mass is 455 g/mol. The number of aliphatic carboxylic acids is 1. The molecule has 0 fully saturated rings. The number of carboxylic acids is 1. The van der Waals surface area contributed by atoms with Crippen LogP contribution >= 0.6 is 0 Å². The number of nitrogens with one attached hydrogen (secondary N) is 2. The number of carboxylic acid groups (broad SMARTS) is 1. The molecule has 11 heteroatoms. The number of hydrogen-bond acceptors (Lipinski definition) is 8. The molecule has 0 bridgehead atoms. The number of esters is 1. The first-order valence-electron chi connectivity index (χ1n) is 9.66. The minimum absolute atomic E-state index is 0.0137. The van der Waals surface area contributed by atoms with Crippen molar-refractivity contribution in [1.82, 2.24) is 5.32 Å². The van der Waals surface area contributed by atoms with E-state index in [1.807, 2.05) is 0 Å². The Morgan fingerprint density at radius 2 is 1.58 bits per heavy atom. The maximum Gasteiger partial charge on any atom is 0.366 e. The topological polar surface area (TPSA) is 160 Å². The summed E-state index contributed by atoms with van der Waals surface area (Å²) in [5.74, 6) is -4.18. The number of carbonyl (C=O) groups is 5. The Morgan fingerprint density at radius 1 is 0.939 bits per heavy atom. The van der Waals surface area contributed by atoms with Gasteiger partial charge in [-0.2, -0.15) is 0 Å². The average Bonchev–Trinajstić information content (AvgIpc) is 2.81. The molecular formula is C22H21N3O8. The number of carbonyl (C=O) groups excluding carboxylic acids is 4. The fraction of sp³-hybridized carbons (Fsp3) is 0.182. The lowest BCUT2D eigenvalue weighted by molar-refractivity contribution is -0.137. The highest BCUT2D eigenvalue weighted by molar-refractivity contribution is 6.38. The van der Waals surface area contributed by atoms with Crippen molar-refractivity contribution in [3.05, 3.63) is 65.2 Å². The van der Waals surface area contributed by atoms with Gasteiger partial charge in [0.05, 0.1) is 23.3 Å². The molecule has 2 amide bonds. The Kier molecular flexibility index (Phi) is 8.80. The lowest BCUT2D eigenvalue weighted by atomic mass is 10.1. The second kappa shape index (κ2) is 11.7. The lowest BCUT2D eigenvalue weighted by Gasteiger charge is -2.09.